The van der Waals surface area contributed by atoms with Gasteiger partial charge >= 0.3 is 0 Å². The number of nitrogen functional groups attached to an aromatic ring is 1. The number of hydrogen-bond acceptors (Lipinski definition) is 8. The van der Waals surface area contributed by atoms with Gasteiger partial charge in [-0.25, -0.2) is 9.97 Å². The number of nitrogens with zero attached hydrogens (tertiary/aromatic N) is 4. The van der Waals surface area contributed by atoms with Crippen molar-refractivity contribution in [3.05, 3.63) is 118 Å². The van der Waals surface area contributed by atoms with Gasteiger partial charge in [0.15, 0.2) is 5.58 Å². The minimum Gasteiger partial charge on any atom is -0.433 e. The lowest BCUT2D eigenvalue weighted by Crippen LogP contribution is -2.35. The molecule has 2 heterocycles. The van der Waals surface area contributed by atoms with Gasteiger partial charge in [-0.1, -0.05) is 60.2 Å². The van der Waals surface area contributed by atoms with Gasteiger partial charge in [-0.3, -0.25) is 23.7 Å². The van der Waals surface area contributed by atoms with Gasteiger partial charge in [0.2, 0.25) is 5.91 Å². The summed E-state index contributed by atoms with van der Waals surface area (Å²) in [4.78, 5) is 63.4. The number of aromatic nitrogens is 3. The van der Waals surface area contributed by atoms with Crippen LogP contribution in [0.25, 0.3) is 28.6 Å². The molecule has 3 aromatic carbocycles. The van der Waals surface area contributed by atoms with Gasteiger partial charge in [-0.15, -0.1) is 0 Å². The summed E-state index contributed by atoms with van der Waals surface area (Å²) in [5.41, 5.74) is 8.32. The molecule has 0 aliphatic carbocycles. The molecule has 5 aromatic rings. The maximum Gasteiger partial charge on any atom is 0.277 e. The van der Waals surface area contributed by atoms with Crippen molar-refractivity contribution < 1.29 is 18.8 Å². The third-order valence-electron chi connectivity index (χ3n) is 7.19. The number of amides is 2. The van der Waals surface area contributed by atoms with Crippen molar-refractivity contribution in [3.8, 4) is 11.4 Å². The molecule has 2 aromatic heterocycles. The summed E-state index contributed by atoms with van der Waals surface area (Å²) in [5.74, 6) is -1.55. The lowest BCUT2D eigenvalue weighted by molar-refractivity contribution is -0.120. The molecular weight excluding hydrogens is 572 g/mol. The van der Waals surface area contributed by atoms with Crippen LogP contribution < -0.4 is 16.6 Å². The van der Waals surface area contributed by atoms with Crippen LogP contribution in [0.15, 0.2) is 93.9 Å². The van der Waals surface area contributed by atoms with Gasteiger partial charge in [0.05, 0.1) is 11.9 Å². The van der Waals surface area contributed by atoms with E-state index >= 15 is 0 Å². The average Bonchev–Trinajstić information content (AvgIpc) is 3.48. The number of benzene rings is 3. The Labute approximate surface area is 259 Å². The molecule has 45 heavy (non-hydrogen) atoms. The number of fused-ring (bicyclic) bond motifs is 1. The van der Waals surface area contributed by atoms with Gasteiger partial charge in [0.25, 0.3) is 23.1 Å². The predicted molar refractivity (Wildman–Crippen MR) is 171 cm³/mol. The standard InChI is InChI=1S/C34H32N6O5/c1-4-39(5-2)33(43)24-15-16-28-26(18-24)38-32(45-28)30(42)27(17-22-9-7-6-8-10-22)37-29(41)20-40-31(36-19-25(35)34(40)44)23-13-11-21(3)12-14-23/h6-19H,4-5,20,35H2,1-3H3,(H,37,41). The van der Waals surface area contributed by atoms with Gasteiger partial charge in [-0.2, -0.15) is 0 Å². The number of nitrogens with one attached hydrogen (secondary N) is 1. The molecule has 0 saturated heterocycles. The first-order valence-corrected chi connectivity index (χ1v) is 14.4. The summed E-state index contributed by atoms with van der Waals surface area (Å²) in [6, 6.07) is 21.0. The molecule has 0 radical (unpaired) electrons. The largest absolute Gasteiger partial charge is 0.433 e. The Bertz CT molecular complexity index is 1970. The van der Waals surface area contributed by atoms with Crippen LogP contribution in [0.3, 0.4) is 0 Å². The van der Waals surface area contributed by atoms with Crippen molar-refractivity contribution in [2.24, 2.45) is 0 Å². The second kappa shape index (κ2) is 13.2. The van der Waals surface area contributed by atoms with E-state index in [-0.39, 0.29) is 29.0 Å². The number of ketones is 1. The Hall–Kier alpha value is -5.84. The van der Waals surface area contributed by atoms with E-state index in [1.54, 1.807) is 59.5 Å². The first-order chi connectivity index (χ1) is 21.7. The van der Waals surface area contributed by atoms with Crippen LogP contribution in [-0.4, -0.2) is 50.1 Å². The van der Waals surface area contributed by atoms with Crippen LogP contribution in [0.1, 0.15) is 46.0 Å². The first kappa shape index (κ1) is 30.6. The van der Waals surface area contributed by atoms with E-state index in [9.17, 15) is 19.2 Å². The summed E-state index contributed by atoms with van der Waals surface area (Å²) in [7, 11) is 0. The smallest absolute Gasteiger partial charge is 0.277 e. The molecule has 0 saturated carbocycles. The Morgan fingerprint density at radius 3 is 2.40 bits per heavy atom. The number of allylic oxidation sites excluding steroid dienone is 1. The molecule has 0 aliphatic rings. The van der Waals surface area contributed by atoms with Crippen molar-refractivity contribution in [2.75, 3.05) is 18.8 Å². The molecule has 228 valence electrons. The number of oxazole rings is 1. The van der Waals surface area contributed by atoms with Crippen LogP contribution in [0, 0.1) is 6.92 Å². The molecular formula is C34H32N6O5. The first-order valence-electron chi connectivity index (χ1n) is 14.4. The van der Waals surface area contributed by atoms with E-state index in [1.807, 2.05) is 39.0 Å². The van der Waals surface area contributed by atoms with E-state index in [2.05, 4.69) is 15.3 Å². The number of carbonyl (C=O) groups excluding carboxylic acids is 3. The SMILES string of the molecule is CCN(CC)C(=O)c1ccc2oc(C(=O)C(=Cc3ccccc3)NC(=O)Cn3c(-c4ccc(C)cc4)ncc(N)c3=O)nc2c1. The number of hydrogen-bond donors (Lipinski definition) is 2. The number of carbonyl (C=O) groups is 3. The molecule has 11 heteroatoms. The number of Topliss-reactive ketones (excluding diaryl/α,β-unsaturated/α-hetero) is 1. The zero-order valence-corrected chi connectivity index (χ0v) is 25.1. The fraction of sp³-hybridized carbons (Fsp3) is 0.176. The third-order valence-corrected chi connectivity index (χ3v) is 7.19. The molecule has 0 atom stereocenters. The van der Waals surface area contributed by atoms with E-state index in [1.165, 1.54) is 12.3 Å². The van der Waals surface area contributed by atoms with Crippen molar-refractivity contribution in [1.29, 1.82) is 0 Å². The number of aryl methyl sites for hydroxylation is 1. The monoisotopic (exact) mass is 604 g/mol. The lowest BCUT2D eigenvalue weighted by Gasteiger charge is -2.18. The van der Waals surface area contributed by atoms with Crippen molar-refractivity contribution >= 4 is 40.5 Å². The van der Waals surface area contributed by atoms with Crippen molar-refractivity contribution in [2.45, 2.75) is 27.3 Å². The van der Waals surface area contributed by atoms with E-state index < -0.39 is 23.8 Å². The summed E-state index contributed by atoms with van der Waals surface area (Å²) < 4.78 is 6.92. The van der Waals surface area contributed by atoms with E-state index in [0.29, 0.717) is 40.9 Å². The summed E-state index contributed by atoms with van der Waals surface area (Å²) in [5, 5.41) is 2.63. The average molecular weight is 605 g/mol. The number of nitrogens with two attached hydrogens (primary N) is 1. The molecule has 5 rings (SSSR count). The summed E-state index contributed by atoms with van der Waals surface area (Å²) in [6.07, 6.45) is 2.75. The van der Waals surface area contributed by atoms with Crippen LogP contribution in [0.5, 0.6) is 0 Å². The van der Waals surface area contributed by atoms with Gasteiger partial charge in [0, 0.05) is 24.2 Å². The Balaban J connectivity index is 1.47. The number of anilines is 1. The van der Waals surface area contributed by atoms with Crippen LogP contribution in [0.4, 0.5) is 5.69 Å². The highest BCUT2D eigenvalue weighted by atomic mass is 16.4. The predicted octanol–water partition coefficient (Wildman–Crippen LogP) is 4.46. The third kappa shape index (κ3) is 6.72. The van der Waals surface area contributed by atoms with E-state index in [4.69, 9.17) is 10.2 Å². The number of rotatable bonds is 10. The maximum absolute atomic E-state index is 13.8. The fourth-order valence-electron chi connectivity index (χ4n) is 4.76. The highest BCUT2D eigenvalue weighted by molar-refractivity contribution is 6.11. The molecule has 0 fully saturated rings. The van der Waals surface area contributed by atoms with Crippen LogP contribution in [-0.2, 0) is 11.3 Å². The topological polar surface area (TPSA) is 153 Å². The van der Waals surface area contributed by atoms with Gasteiger partial charge in [0.1, 0.15) is 23.6 Å². The minimum atomic E-state index is -0.697. The van der Waals surface area contributed by atoms with Gasteiger partial charge in [-0.05, 0) is 50.6 Å². The fourth-order valence-corrected chi connectivity index (χ4v) is 4.76. The van der Waals surface area contributed by atoms with Gasteiger partial charge < -0.3 is 20.4 Å². The van der Waals surface area contributed by atoms with Crippen molar-refractivity contribution in [1.82, 2.24) is 24.8 Å². The normalized spacial score (nSPS) is 11.4. The summed E-state index contributed by atoms with van der Waals surface area (Å²) >= 11 is 0. The minimum absolute atomic E-state index is 0.125. The Morgan fingerprint density at radius 1 is 1.00 bits per heavy atom. The summed E-state index contributed by atoms with van der Waals surface area (Å²) in [6.45, 7) is 6.35. The molecule has 0 spiro atoms. The quantitative estimate of drug-likeness (QED) is 0.175. The van der Waals surface area contributed by atoms with E-state index in [0.717, 1.165) is 10.1 Å². The molecule has 0 unspecified atom stereocenters. The Kier molecular flexibility index (Phi) is 8.99. The molecule has 0 bridgehead atoms. The van der Waals surface area contributed by atoms with Crippen LogP contribution >= 0.6 is 0 Å². The van der Waals surface area contributed by atoms with Crippen molar-refractivity contribution in [3.63, 3.8) is 0 Å². The molecule has 11 nitrogen and oxygen atoms in total. The lowest BCUT2D eigenvalue weighted by atomic mass is 10.1. The maximum atomic E-state index is 13.8. The van der Waals surface area contributed by atoms with Crippen LogP contribution in [0.2, 0.25) is 0 Å². The highest BCUT2D eigenvalue weighted by Crippen LogP contribution is 2.21. The molecule has 0 aliphatic heterocycles. The zero-order chi connectivity index (χ0) is 32.1. The second-order valence-electron chi connectivity index (χ2n) is 10.3. The second-order valence-corrected chi connectivity index (χ2v) is 10.3. The highest BCUT2D eigenvalue weighted by Gasteiger charge is 2.23. The molecule has 3 N–H and O–H groups in total. The molecule has 2 amide bonds. The Morgan fingerprint density at radius 2 is 1.71 bits per heavy atom. The zero-order valence-electron chi connectivity index (χ0n) is 25.1.